The van der Waals surface area contributed by atoms with Crippen molar-refractivity contribution in [3.05, 3.63) is 56.5 Å². The first-order chi connectivity index (χ1) is 10.1. The van der Waals surface area contributed by atoms with E-state index in [1.54, 1.807) is 24.3 Å². The summed E-state index contributed by atoms with van der Waals surface area (Å²) < 4.78 is 12.9. The van der Waals surface area contributed by atoms with Gasteiger partial charge in [0.25, 0.3) is 0 Å². The van der Waals surface area contributed by atoms with Crippen molar-refractivity contribution in [1.29, 1.82) is 0 Å². The van der Waals surface area contributed by atoms with Crippen LogP contribution >= 0.6 is 31.9 Å². The Kier molecular flexibility index (Phi) is 4.31. The molecule has 0 aliphatic carbocycles. The second-order valence-electron chi connectivity index (χ2n) is 4.67. The Labute approximate surface area is 139 Å². The van der Waals surface area contributed by atoms with Crippen LogP contribution in [0.5, 0.6) is 11.5 Å². The van der Waals surface area contributed by atoms with Crippen molar-refractivity contribution in [1.82, 2.24) is 0 Å². The molecule has 0 bridgehead atoms. The zero-order chi connectivity index (χ0) is 14.8. The van der Waals surface area contributed by atoms with Crippen LogP contribution in [0.1, 0.15) is 22.3 Å². The van der Waals surface area contributed by atoms with Gasteiger partial charge in [-0.25, -0.2) is 0 Å². The van der Waals surface area contributed by atoms with E-state index in [0.29, 0.717) is 35.8 Å². The molecule has 108 valence electrons. The molecular formula is C16H12Br2O3. The average molecular weight is 412 g/mol. The normalized spacial score (nSPS) is 13.6. The molecule has 2 aromatic rings. The molecule has 2 aromatic carbocycles. The summed E-state index contributed by atoms with van der Waals surface area (Å²) in [6.07, 6.45) is 0.843. The van der Waals surface area contributed by atoms with Gasteiger partial charge >= 0.3 is 0 Å². The van der Waals surface area contributed by atoms with Gasteiger partial charge in [-0.1, -0.05) is 15.9 Å². The third kappa shape index (κ3) is 3.14. The van der Waals surface area contributed by atoms with E-state index in [2.05, 4.69) is 31.9 Å². The molecule has 1 aliphatic heterocycles. The predicted molar refractivity (Wildman–Crippen MR) is 87.3 cm³/mol. The quantitative estimate of drug-likeness (QED) is 0.677. The number of fused-ring (bicyclic) bond motifs is 1. The van der Waals surface area contributed by atoms with Gasteiger partial charge in [0, 0.05) is 26.5 Å². The number of carbonyl (C=O) groups is 1. The van der Waals surface area contributed by atoms with Gasteiger partial charge in [0.05, 0.1) is 13.2 Å². The summed E-state index contributed by atoms with van der Waals surface area (Å²) >= 11 is 6.81. The topological polar surface area (TPSA) is 35.5 Å². The lowest BCUT2D eigenvalue weighted by Crippen LogP contribution is -2.03. The molecular weight excluding hydrogens is 400 g/mol. The number of ketones is 1. The molecule has 0 spiro atoms. The van der Waals surface area contributed by atoms with Crippen LogP contribution in [0.2, 0.25) is 0 Å². The molecule has 0 fully saturated rings. The Morgan fingerprint density at radius 2 is 1.71 bits per heavy atom. The lowest BCUT2D eigenvalue weighted by Gasteiger charge is -2.09. The second kappa shape index (κ2) is 6.20. The molecule has 0 unspecified atom stereocenters. The highest BCUT2D eigenvalue weighted by molar-refractivity contribution is 9.11. The van der Waals surface area contributed by atoms with Gasteiger partial charge in [0.15, 0.2) is 17.3 Å². The summed E-state index contributed by atoms with van der Waals surface area (Å²) in [6, 6.07) is 10.8. The van der Waals surface area contributed by atoms with Crippen LogP contribution in [0.4, 0.5) is 0 Å². The molecule has 0 saturated carbocycles. The Morgan fingerprint density at radius 3 is 2.48 bits per heavy atom. The highest BCUT2D eigenvalue weighted by Crippen LogP contribution is 2.32. The van der Waals surface area contributed by atoms with Crippen LogP contribution in [0, 0.1) is 0 Å². The van der Waals surface area contributed by atoms with Crippen molar-refractivity contribution in [2.75, 3.05) is 13.2 Å². The molecule has 3 rings (SSSR count). The third-order valence-electron chi connectivity index (χ3n) is 3.19. The van der Waals surface area contributed by atoms with Crippen LogP contribution in [-0.4, -0.2) is 19.0 Å². The standard InChI is InChI=1S/C16H12Br2O3/c17-11-3-4-12(13(18)9-11)16(19)10-2-5-14-15(8-10)21-7-1-6-20-14/h2-5,8-9H,1,6-7H2. The van der Waals surface area contributed by atoms with Gasteiger partial charge in [-0.15, -0.1) is 0 Å². The van der Waals surface area contributed by atoms with Crippen molar-refractivity contribution in [2.45, 2.75) is 6.42 Å². The van der Waals surface area contributed by atoms with Gasteiger partial charge in [0.1, 0.15) is 0 Å². The predicted octanol–water partition coefficient (Wildman–Crippen LogP) is 4.60. The maximum absolute atomic E-state index is 12.6. The summed E-state index contributed by atoms with van der Waals surface area (Å²) in [4.78, 5) is 12.6. The molecule has 0 N–H and O–H groups in total. The molecule has 1 heterocycles. The van der Waals surface area contributed by atoms with Crippen LogP contribution in [0.15, 0.2) is 45.3 Å². The smallest absolute Gasteiger partial charge is 0.194 e. The molecule has 0 amide bonds. The fraction of sp³-hybridized carbons (Fsp3) is 0.188. The van der Waals surface area contributed by atoms with Gasteiger partial charge in [-0.3, -0.25) is 4.79 Å². The average Bonchev–Trinajstić information content (AvgIpc) is 2.71. The van der Waals surface area contributed by atoms with Crippen molar-refractivity contribution < 1.29 is 14.3 Å². The molecule has 5 heteroatoms. The fourth-order valence-corrected chi connectivity index (χ4v) is 3.36. The minimum atomic E-state index is -0.0509. The monoisotopic (exact) mass is 410 g/mol. The van der Waals surface area contributed by atoms with E-state index in [1.807, 2.05) is 12.1 Å². The summed E-state index contributed by atoms with van der Waals surface area (Å²) in [6.45, 7) is 1.24. The highest BCUT2D eigenvalue weighted by atomic mass is 79.9. The van der Waals surface area contributed by atoms with E-state index in [0.717, 1.165) is 15.4 Å². The maximum atomic E-state index is 12.6. The maximum Gasteiger partial charge on any atom is 0.194 e. The number of halogens is 2. The minimum Gasteiger partial charge on any atom is -0.490 e. The molecule has 0 aromatic heterocycles. The van der Waals surface area contributed by atoms with E-state index in [4.69, 9.17) is 9.47 Å². The summed E-state index contributed by atoms with van der Waals surface area (Å²) in [7, 11) is 0. The summed E-state index contributed by atoms with van der Waals surface area (Å²) in [5.74, 6) is 1.27. The lowest BCUT2D eigenvalue weighted by molar-refractivity contribution is 0.103. The molecule has 3 nitrogen and oxygen atoms in total. The number of hydrogen-bond donors (Lipinski definition) is 0. The van der Waals surface area contributed by atoms with E-state index in [9.17, 15) is 4.79 Å². The number of hydrogen-bond acceptors (Lipinski definition) is 3. The Morgan fingerprint density at radius 1 is 0.952 bits per heavy atom. The Bertz CT molecular complexity index is 698. The summed E-state index contributed by atoms with van der Waals surface area (Å²) in [5, 5.41) is 0. The molecule has 1 aliphatic rings. The number of carbonyl (C=O) groups excluding carboxylic acids is 1. The highest BCUT2D eigenvalue weighted by Gasteiger charge is 2.17. The third-order valence-corrected chi connectivity index (χ3v) is 4.33. The number of ether oxygens (including phenoxy) is 2. The number of benzene rings is 2. The zero-order valence-corrected chi connectivity index (χ0v) is 14.2. The number of rotatable bonds is 2. The van der Waals surface area contributed by atoms with E-state index < -0.39 is 0 Å². The van der Waals surface area contributed by atoms with E-state index >= 15 is 0 Å². The van der Waals surface area contributed by atoms with Crippen molar-refractivity contribution in [3.8, 4) is 11.5 Å². The lowest BCUT2D eigenvalue weighted by atomic mass is 10.0. The Balaban J connectivity index is 1.96. The first-order valence-electron chi connectivity index (χ1n) is 6.54. The van der Waals surface area contributed by atoms with Crippen LogP contribution < -0.4 is 9.47 Å². The minimum absolute atomic E-state index is 0.0509. The van der Waals surface area contributed by atoms with Gasteiger partial charge in [-0.2, -0.15) is 0 Å². The van der Waals surface area contributed by atoms with Crippen LogP contribution in [0.3, 0.4) is 0 Å². The summed E-state index contributed by atoms with van der Waals surface area (Å²) in [5.41, 5.74) is 1.20. The molecule has 21 heavy (non-hydrogen) atoms. The second-order valence-corrected chi connectivity index (χ2v) is 6.44. The van der Waals surface area contributed by atoms with E-state index in [1.165, 1.54) is 0 Å². The largest absolute Gasteiger partial charge is 0.490 e. The molecule has 0 saturated heterocycles. The fourth-order valence-electron chi connectivity index (χ4n) is 2.13. The van der Waals surface area contributed by atoms with E-state index in [-0.39, 0.29) is 5.78 Å². The first kappa shape index (κ1) is 14.6. The Hall–Kier alpha value is -1.33. The zero-order valence-electron chi connectivity index (χ0n) is 11.1. The first-order valence-corrected chi connectivity index (χ1v) is 8.13. The molecule has 0 atom stereocenters. The van der Waals surface area contributed by atoms with Gasteiger partial charge in [0.2, 0.25) is 0 Å². The van der Waals surface area contributed by atoms with Crippen molar-refractivity contribution in [2.24, 2.45) is 0 Å². The van der Waals surface area contributed by atoms with Crippen LogP contribution in [-0.2, 0) is 0 Å². The van der Waals surface area contributed by atoms with Gasteiger partial charge in [-0.05, 0) is 52.3 Å². The van der Waals surface area contributed by atoms with Crippen molar-refractivity contribution in [3.63, 3.8) is 0 Å². The molecule has 0 radical (unpaired) electrons. The van der Waals surface area contributed by atoms with Crippen molar-refractivity contribution >= 4 is 37.6 Å². The van der Waals surface area contributed by atoms with Gasteiger partial charge < -0.3 is 9.47 Å². The SMILES string of the molecule is O=C(c1ccc2c(c1)OCCCO2)c1ccc(Br)cc1Br. The van der Waals surface area contributed by atoms with Crippen LogP contribution in [0.25, 0.3) is 0 Å².